The Labute approximate surface area is 53.6 Å². The fourth-order valence-corrected chi connectivity index (χ4v) is 1.46. The molecule has 0 spiro atoms. The van der Waals surface area contributed by atoms with Crippen molar-refractivity contribution in [3.8, 4) is 0 Å². The molecule has 2 saturated heterocycles. The second kappa shape index (κ2) is 1.94. The lowest BCUT2D eigenvalue weighted by Gasteiger charge is -2.03. The quantitative estimate of drug-likeness (QED) is 0.415. The van der Waals surface area contributed by atoms with Gasteiger partial charge in [-0.2, -0.15) is 0 Å². The third-order valence-electron chi connectivity index (χ3n) is 2.04. The van der Waals surface area contributed by atoms with E-state index in [2.05, 4.69) is 0 Å². The summed E-state index contributed by atoms with van der Waals surface area (Å²) in [5.41, 5.74) is 0. The van der Waals surface area contributed by atoms with Crippen molar-refractivity contribution in [2.75, 3.05) is 13.2 Å². The molecule has 3 nitrogen and oxygen atoms in total. The van der Waals surface area contributed by atoms with Crippen molar-refractivity contribution in [1.82, 2.24) is 0 Å². The van der Waals surface area contributed by atoms with Crippen LogP contribution in [0.4, 0.5) is 0 Å². The van der Waals surface area contributed by atoms with Gasteiger partial charge >= 0.3 is 0 Å². The van der Waals surface area contributed by atoms with Gasteiger partial charge in [0.25, 0.3) is 0 Å². The molecule has 0 aromatic carbocycles. The summed E-state index contributed by atoms with van der Waals surface area (Å²) >= 11 is 0. The lowest BCUT2D eigenvalue weighted by molar-refractivity contribution is -0.0907. The number of ether oxygens (including phenoxy) is 2. The van der Waals surface area contributed by atoms with E-state index in [4.69, 9.17) is 14.6 Å². The second-order valence-electron chi connectivity index (χ2n) is 2.63. The van der Waals surface area contributed by atoms with Crippen molar-refractivity contribution in [1.29, 1.82) is 0 Å². The van der Waals surface area contributed by atoms with Gasteiger partial charge in [-0.05, 0) is 6.42 Å². The van der Waals surface area contributed by atoms with Crippen molar-refractivity contribution in [3.63, 3.8) is 0 Å². The SMILES string of the molecule is [OH2+]C1COC2OCCC12. The number of fused-ring (bicyclic) bond motifs is 1. The third-order valence-corrected chi connectivity index (χ3v) is 2.04. The second-order valence-corrected chi connectivity index (χ2v) is 2.63. The standard InChI is InChI=1S/C6H10O3/c7-5-3-9-6-4(5)1-2-8-6/h4-7H,1-3H2/p+1. The maximum atomic E-state index is 7.45. The van der Waals surface area contributed by atoms with E-state index in [1.54, 1.807) is 0 Å². The van der Waals surface area contributed by atoms with E-state index in [0.717, 1.165) is 13.0 Å². The first-order valence-electron chi connectivity index (χ1n) is 3.32. The highest BCUT2D eigenvalue weighted by Crippen LogP contribution is 2.30. The van der Waals surface area contributed by atoms with Crippen molar-refractivity contribution in [2.24, 2.45) is 5.92 Å². The summed E-state index contributed by atoms with van der Waals surface area (Å²) in [5.74, 6) is 0.366. The Balaban J connectivity index is 2.07. The first-order valence-corrected chi connectivity index (χ1v) is 3.32. The average Bonchev–Trinajstić information content (AvgIpc) is 2.35. The van der Waals surface area contributed by atoms with Crippen LogP contribution in [0.2, 0.25) is 0 Å². The van der Waals surface area contributed by atoms with Gasteiger partial charge in [0.1, 0.15) is 6.61 Å². The minimum Gasteiger partial charge on any atom is -0.441 e. The van der Waals surface area contributed by atoms with Gasteiger partial charge in [-0.3, -0.25) is 0 Å². The molecule has 2 aliphatic rings. The topological polar surface area (TPSA) is 41.4 Å². The lowest BCUT2D eigenvalue weighted by Crippen LogP contribution is -2.18. The van der Waals surface area contributed by atoms with Crippen molar-refractivity contribution >= 4 is 0 Å². The normalized spacial score (nSPS) is 49.7. The zero-order valence-electron chi connectivity index (χ0n) is 5.17. The number of hydrogen-bond donors (Lipinski definition) is 0. The average molecular weight is 131 g/mol. The molecule has 0 amide bonds. The van der Waals surface area contributed by atoms with Crippen LogP contribution in [0.15, 0.2) is 0 Å². The zero-order chi connectivity index (χ0) is 6.27. The molecule has 2 rings (SSSR count). The van der Waals surface area contributed by atoms with Gasteiger partial charge in [0.2, 0.25) is 0 Å². The summed E-state index contributed by atoms with van der Waals surface area (Å²) in [6.45, 7) is 1.35. The summed E-state index contributed by atoms with van der Waals surface area (Å²) in [7, 11) is 0. The molecular weight excluding hydrogens is 120 g/mol. The maximum Gasteiger partial charge on any atom is 0.185 e. The molecule has 52 valence electrons. The van der Waals surface area contributed by atoms with E-state index in [1.165, 1.54) is 0 Å². The number of hydrogen-bond acceptors (Lipinski definition) is 2. The Morgan fingerprint density at radius 1 is 1.33 bits per heavy atom. The van der Waals surface area contributed by atoms with E-state index in [0.29, 0.717) is 12.5 Å². The Bertz CT molecular complexity index is 115. The van der Waals surface area contributed by atoms with E-state index in [-0.39, 0.29) is 12.4 Å². The van der Waals surface area contributed by atoms with Gasteiger partial charge in [-0.15, -0.1) is 0 Å². The van der Waals surface area contributed by atoms with Gasteiger partial charge in [-0.1, -0.05) is 0 Å². The van der Waals surface area contributed by atoms with Crippen LogP contribution in [0.1, 0.15) is 6.42 Å². The molecular formula is C6H11O3+. The van der Waals surface area contributed by atoms with Crippen LogP contribution in [-0.2, 0) is 9.47 Å². The molecule has 2 fully saturated rings. The molecule has 2 aliphatic heterocycles. The summed E-state index contributed by atoms with van der Waals surface area (Å²) < 4.78 is 10.4. The summed E-state index contributed by atoms with van der Waals surface area (Å²) in [5, 5.41) is 7.45. The highest BCUT2D eigenvalue weighted by molar-refractivity contribution is 4.81. The molecule has 0 aromatic heterocycles. The third kappa shape index (κ3) is 0.764. The van der Waals surface area contributed by atoms with Crippen LogP contribution in [0.25, 0.3) is 0 Å². The van der Waals surface area contributed by atoms with Crippen LogP contribution >= 0.6 is 0 Å². The van der Waals surface area contributed by atoms with E-state index < -0.39 is 0 Å². The largest absolute Gasteiger partial charge is 0.441 e. The van der Waals surface area contributed by atoms with E-state index in [1.807, 2.05) is 0 Å². The van der Waals surface area contributed by atoms with Crippen molar-refractivity contribution in [2.45, 2.75) is 18.8 Å². The fraction of sp³-hybridized carbons (Fsp3) is 1.00. The van der Waals surface area contributed by atoms with Gasteiger partial charge in [0.05, 0.1) is 12.5 Å². The molecule has 2 heterocycles. The van der Waals surface area contributed by atoms with Crippen LogP contribution in [0.3, 0.4) is 0 Å². The van der Waals surface area contributed by atoms with Crippen molar-refractivity contribution < 1.29 is 14.6 Å². The molecule has 9 heavy (non-hydrogen) atoms. The number of rotatable bonds is 0. The molecule has 0 aliphatic carbocycles. The molecule has 3 atom stereocenters. The minimum atomic E-state index is -0.0347. The van der Waals surface area contributed by atoms with E-state index in [9.17, 15) is 0 Å². The van der Waals surface area contributed by atoms with Crippen LogP contribution < -0.4 is 0 Å². The molecule has 0 saturated carbocycles. The predicted octanol–water partition coefficient (Wildman–Crippen LogP) is -0.528. The molecule has 3 heteroatoms. The maximum absolute atomic E-state index is 7.45. The summed E-state index contributed by atoms with van der Waals surface area (Å²) in [6, 6.07) is 0. The zero-order valence-corrected chi connectivity index (χ0v) is 5.17. The first kappa shape index (κ1) is 5.65. The molecule has 3 unspecified atom stereocenters. The Morgan fingerprint density at radius 3 is 3.00 bits per heavy atom. The van der Waals surface area contributed by atoms with Gasteiger partial charge in [0, 0.05) is 0 Å². The Morgan fingerprint density at radius 2 is 2.22 bits per heavy atom. The van der Waals surface area contributed by atoms with Crippen LogP contribution in [0, 0.1) is 5.92 Å². The minimum absolute atomic E-state index is 0.0301. The summed E-state index contributed by atoms with van der Waals surface area (Å²) in [4.78, 5) is 0. The molecule has 0 bridgehead atoms. The van der Waals surface area contributed by atoms with E-state index >= 15 is 0 Å². The monoisotopic (exact) mass is 131 g/mol. The fourth-order valence-electron chi connectivity index (χ4n) is 1.46. The molecule has 0 aromatic rings. The van der Waals surface area contributed by atoms with Gasteiger partial charge in [-0.25, -0.2) is 0 Å². The molecule has 2 N–H and O–H groups in total. The highest BCUT2D eigenvalue weighted by Gasteiger charge is 2.43. The van der Waals surface area contributed by atoms with Crippen LogP contribution in [0.5, 0.6) is 0 Å². The highest BCUT2D eigenvalue weighted by atomic mass is 16.7. The van der Waals surface area contributed by atoms with Crippen molar-refractivity contribution in [3.05, 3.63) is 0 Å². The Hall–Kier alpha value is -0.120. The Kier molecular flexibility index (Phi) is 1.22. The predicted molar refractivity (Wildman–Crippen MR) is 31.2 cm³/mol. The van der Waals surface area contributed by atoms with Gasteiger partial charge in [0.15, 0.2) is 12.4 Å². The summed E-state index contributed by atoms with van der Waals surface area (Å²) in [6.07, 6.45) is 0.948. The first-order chi connectivity index (χ1) is 4.38. The van der Waals surface area contributed by atoms with Gasteiger partial charge < -0.3 is 14.6 Å². The molecule has 0 radical (unpaired) electrons. The lowest BCUT2D eigenvalue weighted by atomic mass is 10.0. The van der Waals surface area contributed by atoms with Crippen LogP contribution in [-0.4, -0.2) is 30.7 Å². The smallest absolute Gasteiger partial charge is 0.185 e.